The monoisotopic (exact) mass is 295 g/mol. The first kappa shape index (κ1) is 18.1. The zero-order chi connectivity index (χ0) is 16.0. The highest BCUT2D eigenvalue weighted by atomic mass is 19.1. The fraction of sp³-hybridized carbons (Fsp3) is 0.667. The zero-order valence-electron chi connectivity index (χ0n) is 14.2. The molecular weight excluding hydrogens is 265 g/mol. The summed E-state index contributed by atoms with van der Waals surface area (Å²) in [5.41, 5.74) is 1.05. The van der Waals surface area contributed by atoms with Crippen LogP contribution in [0.15, 0.2) is 24.3 Å². The number of nitrogens with one attached hydrogen (secondary N) is 1. The summed E-state index contributed by atoms with van der Waals surface area (Å²) in [6.07, 6.45) is 1.15. The van der Waals surface area contributed by atoms with Gasteiger partial charge in [0.2, 0.25) is 0 Å². The van der Waals surface area contributed by atoms with Crippen LogP contribution in [0.5, 0.6) is 0 Å². The summed E-state index contributed by atoms with van der Waals surface area (Å²) < 4.78 is 19.3. The highest BCUT2D eigenvalue weighted by Crippen LogP contribution is 2.22. The van der Waals surface area contributed by atoms with Gasteiger partial charge in [0.25, 0.3) is 0 Å². The van der Waals surface area contributed by atoms with Crippen LogP contribution in [0.1, 0.15) is 59.6 Å². The van der Waals surface area contributed by atoms with Crippen molar-refractivity contribution >= 4 is 0 Å². The summed E-state index contributed by atoms with van der Waals surface area (Å²) >= 11 is 0. The second-order valence-corrected chi connectivity index (χ2v) is 7.25. The van der Waals surface area contributed by atoms with Gasteiger partial charge in [-0.25, -0.2) is 4.39 Å². The van der Waals surface area contributed by atoms with Crippen molar-refractivity contribution in [3.8, 4) is 0 Å². The summed E-state index contributed by atoms with van der Waals surface area (Å²) in [5, 5.41) is 3.47. The van der Waals surface area contributed by atoms with Gasteiger partial charge in [0.05, 0.1) is 12.2 Å². The molecule has 0 bridgehead atoms. The Bertz CT molecular complexity index is 408. The molecule has 0 fully saturated rings. The maximum atomic E-state index is 13.1. The Kier molecular flexibility index (Phi) is 6.82. The summed E-state index contributed by atoms with van der Waals surface area (Å²) in [4.78, 5) is 0. The van der Waals surface area contributed by atoms with Crippen molar-refractivity contribution in [2.45, 2.75) is 65.7 Å². The lowest BCUT2D eigenvalue weighted by Crippen LogP contribution is -2.39. The van der Waals surface area contributed by atoms with E-state index in [9.17, 15) is 4.39 Å². The number of benzene rings is 1. The molecule has 1 N–H and O–H groups in total. The Hall–Kier alpha value is -0.930. The topological polar surface area (TPSA) is 21.3 Å². The number of hydrogen-bond donors (Lipinski definition) is 1. The molecule has 2 unspecified atom stereocenters. The van der Waals surface area contributed by atoms with Crippen molar-refractivity contribution in [3.05, 3.63) is 35.6 Å². The second-order valence-electron chi connectivity index (χ2n) is 7.25. The van der Waals surface area contributed by atoms with E-state index in [1.807, 2.05) is 12.1 Å². The molecule has 0 spiro atoms. The van der Waals surface area contributed by atoms with Gasteiger partial charge >= 0.3 is 0 Å². The van der Waals surface area contributed by atoms with Gasteiger partial charge in [-0.1, -0.05) is 26.0 Å². The molecule has 2 atom stereocenters. The Balaban J connectivity index is 2.76. The van der Waals surface area contributed by atoms with E-state index in [0.29, 0.717) is 5.92 Å². The standard InChI is InChI=1S/C18H30FNO/c1-13(2)11-14(3)21-17(12-20-18(4,5)6)15-7-9-16(19)10-8-15/h7-10,13-14,17,20H,11-12H2,1-6H3. The van der Waals surface area contributed by atoms with E-state index in [2.05, 4.69) is 46.9 Å². The van der Waals surface area contributed by atoms with Gasteiger partial charge < -0.3 is 10.1 Å². The van der Waals surface area contributed by atoms with Gasteiger partial charge in [-0.05, 0) is 57.7 Å². The normalized spacial score (nSPS) is 15.2. The highest BCUT2D eigenvalue weighted by Gasteiger charge is 2.19. The third-order valence-corrected chi connectivity index (χ3v) is 3.26. The lowest BCUT2D eigenvalue weighted by Gasteiger charge is -2.28. The van der Waals surface area contributed by atoms with Crippen LogP contribution in [0.3, 0.4) is 0 Å². The van der Waals surface area contributed by atoms with E-state index in [4.69, 9.17) is 4.74 Å². The van der Waals surface area contributed by atoms with Crippen LogP contribution >= 0.6 is 0 Å². The van der Waals surface area contributed by atoms with Crippen LogP contribution in [0, 0.1) is 11.7 Å². The number of hydrogen-bond acceptors (Lipinski definition) is 2. The molecule has 0 aromatic heterocycles. The van der Waals surface area contributed by atoms with E-state index in [1.165, 1.54) is 12.1 Å². The van der Waals surface area contributed by atoms with E-state index in [-0.39, 0.29) is 23.6 Å². The predicted octanol–water partition coefficient (Wildman–Crippen LogP) is 4.71. The van der Waals surface area contributed by atoms with E-state index in [1.54, 1.807) is 0 Å². The molecule has 0 aliphatic rings. The van der Waals surface area contributed by atoms with Crippen molar-refractivity contribution < 1.29 is 9.13 Å². The largest absolute Gasteiger partial charge is 0.369 e. The molecule has 0 aliphatic heterocycles. The summed E-state index contributed by atoms with van der Waals surface area (Å²) in [5.74, 6) is 0.390. The van der Waals surface area contributed by atoms with Crippen molar-refractivity contribution in [1.82, 2.24) is 5.32 Å². The molecule has 0 saturated carbocycles. The Labute approximate surface area is 129 Å². The summed E-state index contributed by atoms with van der Waals surface area (Å²) in [6, 6.07) is 6.62. The van der Waals surface area contributed by atoms with Gasteiger partial charge in [-0.15, -0.1) is 0 Å². The van der Waals surface area contributed by atoms with E-state index in [0.717, 1.165) is 18.5 Å². The van der Waals surface area contributed by atoms with Gasteiger partial charge in [0.15, 0.2) is 0 Å². The highest BCUT2D eigenvalue weighted by molar-refractivity contribution is 5.19. The first-order valence-corrected chi connectivity index (χ1v) is 7.83. The SMILES string of the molecule is CC(C)CC(C)OC(CNC(C)(C)C)c1ccc(F)cc1. The third kappa shape index (κ3) is 7.58. The van der Waals surface area contributed by atoms with Crippen LogP contribution in [0.2, 0.25) is 0 Å². The molecule has 0 radical (unpaired) electrons. The maximum absolute atomic E-state index is 13.1. The number of halogens is 1. The quantitative estimate of drug-likeness (QED) is 0.787. The van der Waals surface area contributed by atoms with Crippen molar-refractivity contribution in [1.29, 1.82) is 0 Å². The molecule has 0 amide bonds. The van der Waals surface area contributed by atoms with Gasteiger partial charge in [0, 0.05) is 12.1 Å². The molecule has 1 aromatic rings. The number of ether oxygens (including phenoxy) is 1. The smallest absolute Gasteiger partial charge is 0.123 e. The van der Waals surface area contributed by atoms with Crippen LogP contribution in [0.25, 0.3) is 0 Å². The number of rotatable bonds is 7. The van der Waals surface area contributed by atoms with Crippen molar-refractivity contribution in [3.63, 3.8) is 0 Å². The van der Waals surface area contributed by atoms with Gasteiger partial charge in [-0.2, -0.15) is 0 Å². The van der Waals surface area contributed by atoms with Crippen LogP contribution in [-0.2, 0) is 4.74 Å². The lowest BCUT2D eigenvalue weighted by atomic mass is 10.0. The van der Waals surface area contributed by atoms with Crippen LogP contribution in [-0.4, -0.2) is 18.2 Å². The third-order valence-electron chi connectivity index (χ3n) is 3.26. The molecule has 3 heteroatoms. The fourth-order valence-corrected chi connectivity index (χ4v) is 2.32. The fourth-order valence-electron chi connectivity index (χ4n) is 2.32. The van der Waals surface area contributed by atoms with E-state index < -0.39 is 0 Å². The zero-order valence-corrected chi connectivity index (χ0v) is 14.2. The molecular formula is C18H30FNO. The molecule has 120 valence electrons. The minimum absolute atomic E-state index is 0.0307. The van der Waals surface area contributed by atoms with Crippen LogP contribution < -0.4 is 5.32 Å². The second kappa shape index (κ2) is 7.90. The first-order chi connectivity index (χ1) is 9.67. The molecule has 0 aliphatic carbocycles. The van der Waals surface area contributed by atoms with Gasteiger partial charge in [0.1, 0.15) is 5.82 Å². The Morgan fingerprint density at radius 2 is 1.67 bits per heavy atom. The molecule has 2 nitrogen and oxygen atoms in total. The van der Waals surface area contributed by atoms with Crippen molar-refractivity contribution in [2.24, 2.45) is 5.92 Å². The average Bonchev–Trinajstić information content (AvgIpc) is 2.33. The molecule has 0 saturated heterocycles. The first-order valence-electron chi connectivity index (χ1n) is 7.83. The average molecular weight is 295 g/mol. The minimum atomic E-state index is -0.212. The minimum Gasteiger partial charge on any atom is -0.369 e. The van der Waals surface area contributed by atoms with Crippen molar-refractivity contribution in [2.75, 3.05) is 6.54 Å². The lowest BCUT2D eigenvalue weighted by molar-refractivity contribution is -0.0152. The van der Waals surface area contributed by atoms with Crippen LogP contribution in [0.4, 0.5) is 4.39 Å². The maximum Gasteiger partial charge on any atom is 0.123 e. The molecule has 0 heterocycles. The van der Waals surface area contributed by atoms with E-state index >= 15 is 0 Å². The molecule has 1 aromatic carbocycles. The predicted molar refractivity (Wildman–Crippen MR) is 86.9 cm³/mol. The van der Waals surface area contributed by atoms with Gasteiger partial charge in [-0.3, -0.25) is 0 Å². The summed E-state index contributed by atoms with van der Waals surface area (Å²) in [7, 11) is 0. The summed E-state index contributed by atoms with van der Waals surface area (Å²) in [6.45, 7) is 13.6. The Morgan fingerprint density at radius 1 is 1.10 bits per heavy atom. The molecule has 21 heavy (non-hydrogen) atoms. The Morgan fingerprint density at radius 3 is 2.14 bits per heavy atom. The molecule has 1 rings (SSSR count).